The van der Waals surface area contributed by atoms with Gasteiger partial charge in [0, 0.05) is 11.3 Å². The topological polar surface area (TPSA) is 66.4 Å². The normalized spacial score (nSPS) is 19.3. The minimum absolute atomic E-state index is 0.0474. The van der Waals surface area contributed by atoms with Crippen LogP contribution in [0.2, 0.25) is 0 Å². The molecule has 76 valence electrons. The van der Waals surface area contributed by atoms with E-state index in [-0.39, 0.29) is 4.99 Å². The largest absolute Gasteiger partial charge is 0.480 e. The van der Waals surface area contributed by atoms with Crippen LogP contribution >= 0.6 is 12.2 Å². The van der Waals surface area contributed by atoms with Crippen molar-refractivity contribution in [3.05, 3.63) is 29.8 Å². The van der Waals surface area contributed by atoms with Crippen molar-refractivity contribution in [2.24, 2.45) is 5.92 Å². The van der Waals surface area contributed by atoms with E-state index in [9.17, 15) is 9.59 Å². The molecule has 1 unspecified atom stereocenters. The maximum absolute atomic E-state index is 11.8. The molecule has 0 radical (unpaired) electrons. The molecule has 15 heavy (non-hydrogen) atoms. The van der Waals surface area contributed by atoms with Crippen LogP contribution < -0.4 is 5.32 Å². The Balaban J connectivity index is 2.52. The molecule has 2 N–H and O–H groups in total. The second-order valence-electron chi connectivity index (χ2n) is 3.17. The first-order chi connectivity index (χ1) is 7.11. The van der Waals surface area contributed by atoms with Crippen molar-refractivity contribution >= 4 is 34.6 Å². The predicted octanol–water partition coefficient (Wildman–Crippen LogP) is 1.32. The lowest BCUT2D eigenvalue weighted by Gasteiger charge is -2.22. The number of carbonyl (C=O) groups is 2. The molecule has 1 aliphatic rings. The van der Waals surface area contributed by atoms with Crippen molar-refractivity contribution in [1.82, 2.24) is 0 Å². The molecule has 0 spiro atoms. The molecule has 4 nitrogen and oxygen atoms in total. The number of Topliss-reactive ketones (excluding diaryl/α,β-unsaturated/α-hetero) is 1. The van der Waals surface area contributed by atoms with Gasteiger partial charge in [0.15, 0.2) is 11.7 Å². The summed E-state index contributed by atoms with van der Waals surface area (Å²) < 4.78 is 0. The standard InChI is InChI=1S/C10H7NO3S/c12-8-5-3-1-2-4-6(5)11-9(15)7(8)10(13)14/h1-4,7H,(H,11,15)(H,13,14). The Kier molecular flexibility index (Phi) is 2.24. The number of benzene rings is 1. The van der Waals surface area contributed by atoms with E-state index in [0.717, 1.165) is 0 Å². The fourth-order valence-corrected chi connectivity index (χ4v) is 1.83. The van der Waals surface area contributed by atoms with Gasteiger partial charge in [0.05, 0.1) is 0 Å². The lowest BCUT2D eigenvalue weighted by molar-refractivity contribution is -0.137. The molecule has 0 saturated carbocycles. The molecule has 5 heteroatoms. The summed E-state index contributed by atoms with van der Waals surface area (Å²) in [6.45, 7) is 0. The molecule has 0 saturated heterocycles. The Morgan fingerprint density at radius 3 is 2.73 bits per heavy atom. The number of ketones is 1. The van der Waals surface area contributed by atoms with Gasteiger partial charge in [-0.2, -0.15) is 0 Å². The molecule has 0 aromatic heterocycles. The summed E-state index contributed by atoms with van der Waals surface area (Å²) in [7, 11) is 0. The summed E-state index contributed by atoms with van der Waals surface area (Å²) in [5, 5.41) is 11.6. The molecule has 0 aliphatic carbocycles. The molecule has 1 aromatic carbocycles. The summed E-state index contributed by atoms with van der Waals surface area (Å²) in [6, 6.07) is 6.72. The van der Waals surface area contributed by atoms with Crippen LogP contribution in [0, 0.1) is 5.92 Å². The fraction of sp³-hybridized carbons (Fsp3) is 0.100. The monoisotopic (exact) mass is 221 g/mol. The first-order valence-corrected chi connectivity index (χ1v) is 4.69. The fourth-order valence-electron chi connectivity index (χ4n) is 1.51. The number of hydrogen-bond acceptors (Lipinski definition) is 3. The minimum Gasteiger partial charge on any atom is -0.480 e. The quantitative estimate of drug-likeness (QED) is 0.553. The minimum atomic E-state index is -1.25. The predicted molar refractivity (Wildman–Crippen MR) is 58.1 cm³/mol. The summed E-state index contributed by atoms with van der Waals surface area (Å²) in [5.41, 5.74) is 0.948. The van der Waals surface area contributed by atoms with Crippen LogP contribution in [0.3, 0.4) is 0 Å². The Labute approximate surface area is 90.9 Å². The van der Waals surface area contributed by atoms with Crippen LogP contribution in [0.15, 0.2) is 24.3 Å². The molecule has 1 atom stereocenters. The molecule has 0 fully saturated rings. The zero-order valence-electron chi connectivity index (χ0n) is 7.56. The highest BCUT2D eigenvalue weighted by atomic mass is 32.1. The Hall–Kier alpha value is -1.75. The number of carboxylic acid groups (broad SMARTS) is 1. The van der Waals surface area contributed by atoms with E-state index in [1.165, 1.54) is 0 Å². The van der Waals surface area contributed by atoms with Crippen molar-refractivity contribution in [2.45, 2.75) is 0 Å². The highest BCUT2D eigenvalue weighted by Crippen LogP contribution is 2.25. The van der Waals surface area contributed by atoms with Gasteiger partial charge in [-0.25, -0.2) is 0 Å². The van der Waals surface area contributed by atoms with E-state index in [0.29, 0.717) is 11.3 Å². The summed E-state index contributed by atoms with van der Waals surface area (Å²) in [4.78, 5) is 22.6. The zero-order chi connectivity index (χ0) is 11.0. The van der Waals surface area contributed by atoms with Gasteiger partial charge in [-0.15, -0.1) is 0 Å². The molecular weight excluding hydrogens is 214 g/mol. The molecular formula is C10H7NO3S. The van der Waals surface area contributed by atoms with E-state index in [1.807, 2.05) is 0 Å². The lowest BCUT2D eigenvalue weighted by Crippen LogP contribution is -2.39. The van der Waals surface area contributed by atoms with E-state index in [4.69, 9.17) is 17.3 Å². The van der Waals surface area contributed by atoms with Crippen molar-refractivity contribution < 1.29 is 14.7 Å². The lowest BCUT2D eigenvalue weighted by atomic mass is 9.92. The van der Waals surface area contributed by atoms with Crippen LogP contribution in [0.4, 0.5) is 5.69 Å². The molecule has 0 amide bonds. The van der Waals surface area contributed by atoms with Crippen LogP contribution in [-0.4, -0.2) is 21.8 Å². The van der Waals surface area contributed by atoms with Crippen molar-refractivity contribution in [3.63, 3.8) is 0 Å². The number of para-hydroxylation sites is 1. The zero-order valence-corrected chi connectivity index (χ0v) is 8.38. The van der Waals surface area contributed by atoms with Gasteiger partial charge >= 0.3 is 5.97 Å². The average Bonchev–Trinajstić information content (AvgIpc) is 2.17. The highest BCUT2D eigenvalue weighted by Gasteiger charge is 2.36. The number of thiocarbonyl (C=S) groups is 1. The second-order valence-corrected chi connectivity index (χ2v) is 3.61. The molecule has 2 rings (SSSR count). The number of aliphatic carboxylic acids is 1. The summed E-state index contributed by atoms with van der Waals surface area (Å²) in [6.07, 6.45) is 0. The van der Waals surface area contributed by atoms with Crippen LogP contribution in [0.1, 0.15) is 10.4 Å². The first-order valence-electron chi connectivity index (χ1n) is 4.28. The number of carboxylic acids is 1. The van der Waals surface area contributed by atoms with E-state index in [1.54, 1.807) is 24.3 Å². The maximum atomic E-state index is 11.8. The number of fused-ring (bicyclic) bond motifs is 1. The van der Waals surface area contributed by atoms with E-state index in [2.05, 4.69) is 5.32 Å². The number of anilines is 1. The van der Waals surface area contributed by atoms with Crippen molar-refractivity contribution in [1.29, 1.82) is 0 Å². The Morgan fingerprint density at radius 1 is 1.40 bits per heavy atom. The van der Waals surface area contributed by atoms with Gasteiger partial charge in [0.1, 0.15) is 4.99 Å². The first kappa shape index (κ1) is 9.79. The van der Waals surface area contributed by atoms with Gasteiger partial charge in [0.25, 0.3) is 0 Å². The maximum Gasteiger partial charge on any atom is 0.321 e. The van der Waals surface area contributed by atoms with Gasteiger partial charge in [-0.1, -0.05) is 24.4 Å². The number of nitrogens with one attached hydrogen (secondary N) is 1. The van der Waals surface area contributed by atoms with Crippen LogP contribution in [0.5, 0.6) is 0 Å². The Bertz CT molecular complexity index is 469. The van der Waals surface area contributed by atoms with Gasteiger partial charge < -0.3 is 10.4 Å². The SMILES string of the molecule is O=C(O)C1C(=O)c2ccccc2NC1=S. The number of hydrogen-bond donors (Lipinski definition) is 2. The van der Waals surface area contributed by atoms with E-state index < -0.39 is 17.7 Å². The molecule has 1 heterocycles. The molecule has 0 bridgehead atoms. The second kappa shape index (κ2) is 3.43. The molecule has 1 aliphatic heterocycles. The van der Waals surface area contributed by atoms with Gasteiger partial charge in [-0.3, -0.25) is 9.59 Å². The van der Waals surface area contributed by atoms with Crippen molar-refractivity contribution in [3.8, 4) is 0 Å². The average molecular weight is 221 g/mol. The van der Waals surface area contributed by atoms with Crippen molar-refractivity contribution in [2.75, 3.05) is 5.32 Å². The third-order valence-corrected chi connectivity index (χ3v) is 2.56. The summed E-state index contributed by atoms with van der Waals surface area (Å²) >= 11 is 4.84. The Morgan fingerprint density at radius 2 is 2.07 bits per heavy atom. The highest BCUT2D eigenvalue weighted by molar-refractivity contribution is 7.80. The van der Waals surface area contributed by atoms with E-state index >= 15 is 0 Å². The van der Waals surface area contributed by atoms with Crippen LogP contribution in [0.25, 0.3) is 0 Å². The number of carbonyl (C=O) groups excluding carboxylic acids is 1. The summed E-state index contributed by atoms with van der Waals surface area (Å²) in [5.74, 6) is -2.93. The number of rotatable bonds is 1. The van der Waals surface area contributed by atoms with Crippen LogP contribution in [-0.2, 0) is 4.79 Å². The molecule has 1 aromatic rings. The third kappa shape index (κ3) is 1.50. The van der Waals surface area contributed by atoms with Gasteiger partial charge in [-0.05, 0) is 12.1 Å². The third-order valence-electron chi connectivity index (χ3n) is 2.22. The smallest absolute Gasteiger partial charge is 0.321 e. The van der Waals surface area contributed by atoms with Gasteiger partial charge in [0.2, 0.25) is 0 Å².